The summed E-state index contributed by atoms with van der Waals surface area (Å²) in [6, 6.07) is 10.6. The van der Waals surface area contributed by atoms with Gasteiger partial charge in [-0.15, -0.1) is 0 Å². The van der Waals surface area contributed by atoms with Gasteiger partial charge in [0.1, 0.15) is 0 Å². The van der Waals surface area contributed by atoms with E-state index in [0.29, 0.717) is 18.1 Å². The number of rotatable bonds is 10. The van der Waals surface area contributed by atoms with Gasteiger partial charge in [-0.05, 0) is 42.3 Å². The van der Waals surface area contributed by atoms with Crippen molar-refractivity contribution in [1.82, 2.24) is 5.43 Å². The van der Waals surface area contributed by atoms with Crippen LogP contribution in [0.1, 0.15) is 42.1 Å². The van der Waals surface area contributed by atoms with Gasteiger partial charge in [-0.2, -0.15) is 5.10 Å². The number of hydrazone groups is 1. The van der Waals surface area contributed by atoms with Crippen molar-refractivity contribution >= 4 is 17.8 Å². The van der Waals surface area contributed by atoms with Gasteiger partial charge in [0.05, 0.1) is 24.9 Å². The molecule has 0 saturated heterocycles. The number of carbonyl (C=O) groups excluding carboxylic acids is 1. The van der Waals surface area contributed by atoms with E-state index < -0.39 is 10.8 Å². The summed E-state index contributed by atoms with van der Waals surface area (Å²) in [5.74, 6) is 0.779. The highest BCUT2D eigenvalue weighted by atomic mass is 16.6. The van der Waals surface area contributed by atoms with Crippen LogP contribution in [0.3, 0.4) is 0 Å². The fraction of sp³-hybridized carbons (Fsp3) is 0.300. The normalized spacial score (nSPS) is 10.6. The predicted octanol–water partition coefficient (Wildman–Crippen LogP) is 3.94. The van der Waals surface area contributed by atoms with Crippen LogP contribution in [0.5, 0.6) is 11.5 Å². The second-order valence-corrected chi connectivity index (χ2v) is 5.97. The van der Waals surface area contributed by atoms with Gasteiger partial charge in [-0.1, -0.05) is 19.8 Å². The zero-order valence-electron chi connectivity index (χ0n) is 15.9. The number of non-ortho nitro benzene ring substituents is 1. The molecule has 2 rings (SSSR count). The first-order valence-electron chi connectivity index (χ1n) is 8.94. The van der Waals surface area contributed by atoms with E-state index in [0.717, 1.165) is 24.8 Å². The molecule has 0 aliphatic rings. The lowest BCUT2D eigenvalue weighted by molar-refractivity contribution is -0.384. The van der Waals surface area contributed by atoms with E-state index in [9.17, 15) is 14.9 Å². The topological polar surface area (TPSA) is 103 Å². The van der Waals surface area contributed by atoms with Crippen LogP contribution < -0.4 is 14.9 Å². The van der Waals surface area contributed by atoms with Gasteiger partial charge in [0.15, 0.2) is 11.5 Å². The first-order valence-corrected chi connectivity index (χ1v) is 8.94. The van der Waals surface area contributed by atoms with E-state index in [1.54, 1.807) is 25.3 Å². The van der Waals surface area contributed by atoms with Crippen LogP contribution in [0.4, 0.5) is 5.69 Å². The quantitative estimate of drug-likeness (QED) is 0.289. The molecule has 1 N–H and O–H groups in total. The van der Waals surface area contributed by atoms with Crippen molar-refractivity contribution in [3.63, 3.8) is 0 Å². The third-order valence-electron chi connectivity index (χ3n) is 3.91. The maximum atomic E-state index is 12.0. The van der Waals surface area contributed by atoms with Crippen molar-refractivity contribution in [3.8, 4) is 11.5 Å². The van der Waals surface area contributed by atoms with E-state index in [1.165, 1.54) is 30.5 Å². The van der Waals surface area contributed by atoms with E-state index in [1.807, 2.05) is 0 Å². The van der Waals surface area contributed by atoms with E-state index >= 15 is 0 Å². The molecule has 0 aromatic heterocycles. The molecule has 2 aromatic carbocycles. The number of ether oxygens (including phenoxy) is 2. The van der Waals surface area contributed by atoms with E-state index in [-0.39, 0.29) is 11.3 Å². The summed E-state index contributed by atoms with van der Waals surface area (Å²) >= 11 is 0. The lowest BCUT2D eigenvalue weighted by atomic mass is 10.2. The van der Waals surface area contributed by atoms with Crippen molar-refractivity contribution in [2.24, 2.45) is 5.10 Å². The van der Waals surface area contributed by atoms with Gasteiger partial charge in [0.25, 0.3) is 11.6 Å². The Hall–Kier alpha value is -3.42. The molecule has 0 saturated carbocycles. The fourth-order valence-electron chi connectivity index (χ4n) is 2.38. The third kappa shape index (κ3) is 6.08. The summed E-state index contributed by atoms with van der Waals surface area (Å²) in [5, 5.41) is 14.5. The van der Waals surface area contributed by atoms with Gasteiger partial charge < -0.3 is 9.47 Å². The lowest BCUT2D eigenvalue weighted by Crippen LogP contribution is -2.17. The molecule has 0 radical (unpaired) electrons. The molecular weight excluding hydrogens is 362 g/mol. The first-order chi connectivity index (χ1) is 13.5. The highest BCUT2D eigenvalue weighted by Gasteiger charge is 2.09. The molecule has 0 heterocycles. The second-order valence-electron chi connectivity index (χ2n) is 5.97. The number of methoxy groups -OCH3 is 1. The molecule has 8 heteroatoms. The lowest BCUT2D eigenvalue weighted by Gasteiger charge is -2.11. The molecule has 0 aliphatic heterocycles. The van der Waals surface area contributed by atoms with E-state index in [2.05, 4.69) is 17.5 Å². The predicted molar refractivity (Wildman–Crippen MR) is 106 cm³/mol. The molecule has 0 spiro atoms. The molecule has 0 aliphatic carbocycles. The number of carbonyl (C=O) groups is 1. The van der Waals surface area contributed by atoms with Gasteiger partial charge in [-0.3, -0.25) is 14.9 Å². The average molecular weight is 385 g/mol. The Labute approximate surface area is 163 Å². The van der Waals surface area contributed by atoms with Crippen LogP contribution >= 0.6 is 0 Å². The van der Waals surface area contributed by atoms with Crippen LogP contribution in [0.25, 0.3) is 0 Å². The van der Waals surface area contributed by atoms with Crippen LogP contribution in [-0.2, 0) is 0 Å². The number of nitro groups is 1. The molecule has 0 atom stereocenters. The second kappa shape index (κ2) is 10.7. The number of nitrogens with one attached hydrogen (secondary N) is 1. The molecule has 148 valence electrons. The van der Waals surface area contributed by atoms with Crippen molar-refractivity contribution in [3.05, 3.63) is 63.7 Å². The number of hydrogen-bond acceptors (Lipinski definition) is 6. The first kappa shape index (κ1) is 20.9. The Balaban J connectivity index is 1.95. The molecule has 0 bridgehead atoms. The number of nitro benzene ring substituents is 1. The number of benzene rings is 2. The molecular formula is C20H23N3O5. The van der Waals surface area contributed by atoms with Crippen molar-refractivity contribution in [1.29, 1.82) is 0 Å². The highest BCUT2D eigenvalue weighted by molar-refractivity contribution is 5.95. The Morgan fingerprint density at radius 2 is 1.93 bits per heavy atom. The zero-order valence-corrected chi connectivity index (χ0v) is 15.9. The van der Waals surface area contributed by atoms with Crippen molar-refractivity contribution < 1.29 is 19.2 Å². The monoisotopic (exact) mass is 385 g/mol. The van der Waals surface area contributed by atoms with Gasteiger partial charge >= 0.3 is 0 Å². The largest absolute Gasteiger partial charge is 0.493 e. The van der Waals surface area contributed by atoms with Gasteiger partial charge in [-0.25, -0.2) is 5.43 Å². The Kier molecular flexibility index (Phi) is 7.95. The Bertz CT molecular complexity index is 834. The molecule has 0 unspecified atom stereocenters. The molecule has 1 amide bonds. The summed E-state index contributed by atoms with van der Waals surface area (Å²) in [6.07, 6.45) is 4.70. The SMILES string of the molecule is CCCCCOc1ccc(/C=N/NC(=O)c2ccc([N+](=O)[O-])cc2)cc1OC. The number of amides is 1. The minimum atomic E-state index is -0.523. The summed E-state index contributed by atoms with van der Waals surface area (Å²) in [6.45, 7) is 2.76. The smallest absolute Gasteiger partial charge is 0.271 e. The standard InChI is InChI=1S/C20H23N3O5/c1-3-4-5-12-28-18-11-6-15(13-19(18)27-2)14-21-22-20(24)16-7-9-17(10-8-16)23(25)26/h6-11,13-14H,3-5,12H2,1-2H3,(H,22,24)/b21-14+. The van der Waals surface area contributed by atoms with Crippen molar-refractivity contribution in [2.45, 2.75) is 26.2 Å². The summed E-state index contributed by atoms with van der Waals surface area (Å²) < 4.78 is 11.1. The molecule has 8 nitrogen and oxygen atoms in total. The molecule has 2 aromatic rings. The Morgan fingerprint density at radius 3 is 2.57 bits per heavy atom. The molecule has 28 heavy (non-hydrogen) atoms. The minimum absolute atomic E-state index is 0.0795. The van der Waals surface area contributed by atoms with Gasteiger partial charge in [0, 0.05) is 17.7 Å². The van der Waals surface area contributed by atoms with Crippen LogP contribution in [0.15, 0.2) is 47.6 Å². The highest BCUT2D eigenvalue weighted by Crippen LogP contribution is 2.27. The number of nitrogens with zero attached hydrogens (tertiary/aromatic N) is 2. The Morgan fingerprint density at radius 1 is 1.18 bits per heavy atom. The summed E-state index contributed by atoms with van der Waals surface area (Å²) in [5.41, 5.74) is 3.30. The zero-order chi connectivity index (χ0) is 20.4. The third-order valence-corrected chi connectivity index (χ3v) is 3.91. The van der Waals surface area contributed by atoms with E-state index in [4.69, 9.17) is 9.47 Å². The maximum Gasteiger partial charge on any atom is 0.271 e. The van der Waals surface area contributed by atoms with Crippen molar-refractivity contribution in [2.75, 3.05) is 13.7 Å². The number of unbranched alkanes of at least 4 members (excludes halogenated alkanes) is 2. The summed E-state index contributed by atoms with van der Waals surface area (Å²) in [4.78, 5) is 22.1. The maximum absolute atomic E-state index is 12.0. The average Bonchev–Trinajstić information content (AvgIpc) is 2.71. The fourth-order valence-corrected chi connectivity index (χ4v) is 2.38. The van der Waals surface area contributed by atoms with Crippen LogP contribution in [-0.4, -0.2) is 30.8 Å². The van der Waals surface area contributed by atoms with Crippen LogP contribution in [0.2, 0.25) is 0 Å². The molecule has 0 fully saturated rings. The summed E-state index contributed by atoms with van der Waals surface area (Å²) in [7, 11) is 1.56. The minimum Gasteiger partial charge on any atom is -0.493 e. The van der Waals surface area contributed by atoms with Crippen LogP contribution in [0, 0.1) is 10.1 Å². The van der Waals surface area contributed by atoms with Gasteiger partial charge in [0.2, 0.25) is 0 Å². The number of hydrogen-bond donors (Lipinski definition) is 1.